The Morgan fingerprint density at radius 3 is 2.69 bits per heavy atom. The summed E-state index contributed by atoms with van der Waals surface area (Å²) in [6, 6.07) is 9.64. The molecule has 0 aliphatic carbocycles. The van der Waals surface area contributed by atoms with Gasteiger partial charge >= 0.3 is 0 Å². The first-order valence-electron chi connectivity index (χ1n) is 5.41. The van der Waals surface area contributed by atoms with Crippen molar-refractivity contribution < 1.29 is 4.74 Å². The van der Waals surface area contributed by atoms with Crippen molar-refractivity contribution in [2.75, 3.05) is 6.61 Å². The van der Waals surface area contributed by atoms with Gasteiger partial charge in [0.25, 0.3) is 0 Å². The second-order valence-corrected chi connectivity index (χ2v) is 5.37. The summed E-state index contributed by atoms with van der Waals surface area (Å²) >= 11 is 6.34. The number of hydrogen-bond acceptors (Lipinski definition) is 2. The number of halogens is 1. The Morgan fingerprint density at radius 1 is 1.44 bits per heavy atom. The van der Waals surface area contributed by atoms with Crippen molar-refractivity contribution in [1.29, 1.82) is 5.26 Å². The maximum Gasteiger partial charge on any atom is 0.0991 e. The van der Waals surface area contributed by atoms with E-state index in [2.05, 4.69) is 6.07 Å². The molecule has 3 heteroatoms. The Labute approximate surface area is 101 Å². The maximum absolute atomic E-state index is 8.72. The van der Waals surface area contributed by atoms with Gasteiger partial charge in [0.05, 0.1) is 17.7 Å². The smallest absolute Gasteiger partial charge is 0.0991 e. The van der Waals surface area contributed by atoms with Crippen LogP contribution < -0.4 is 0 Å². The largest absolute Gasteiger partial charge is 0.373 e. The average Bonchev–Trinajstić information content (AvgIpc) is 2.28. The predicted octanol–water partition coefficient (Wildman–Crippen LogP) is 3.41. The molecule has 2 nitrogen and oxygen atoms in total. The van der Waals surface area contributed by atoms with Gasteiger partial charge in [0.1, 0.15) is 0 Å². The van der Waals surface area contributed by atoms with Crippen molar-refractivity contribution in [3.8, 4) is 6.07 Å². The monoisotopic (exact) mass is 235 g/mol. The summed E-state index contributed by atoms with van der Waals surface area (Å²) < 4.78 is 5.71. The van der Waals surface area contributed by atoms with Crippen LogP contribution in [0, 0.1) is 11.3 Å². The van der Waals surface area contributed by atoms with E-state index in [-0.39, 0.29) is 11.0 Å². The molecule has 1 aromatic carbocycles. The third-order valence-electron chi connectivity index (χ3n) is 2.96. The molecule has 16 heavy (non-hydrogen) atoms. The molecule has 2 rings (SSSR count). The molecule has 2 unspecified atom stereocenters. The van der Waals surface area contributed by atoms with E-state index in [0.29, 0.717) is 12.2 Å². The van der Waals surface area contributed by atoms with E-state index in [0.717, 1.165) is 18.4 Å². The van der Waals surface area contributed by atoms with E-state index in [1.54, 1.807) is 0 Å². The van der Waals surface area contributed by atoms with Gasteiger partial charge in [0, 0.05) is 11.5 Å². The van der Waals surface area contributed by atoms with Gasteiger partial charge < -0.3 is 4.74 Å². The molecular weight excluding hydrogens is 222 g/mol. The first-order chi connectivity index (χ1) is 7.61. The van der Waals surface area contributed by atoms with Crippen LogP contribution in [-0.4, -0.2) is 11.5 Å². The fourth-order valence-electron chi connectivity index (χ4n) is 1.95. The minimum Gasteiger partial charge on any atom is -0.373 e. The number of benzene rings is 1. The van der Waals surface area contributed by atoms with Crippen LogP contribution in [-0.2, 0) is 4.74 Å². The van der Waals surface area contributed by atoms with Crippen LogP contribution in [0.3, 0.4) is 0 Å². The molecule has 0 aromatic heterocycles. The van der Waals surface area contributed by atoms with E-state index in [9.17, 15) is 0 Å². The minimum atomic E-state index is -0.170. The predicted molar refractivity (Wildman–Crippen MR) is 63.3 cm³/mol. The third kappa shape index (κ3) is 2.55. The zero-order valence-corrected chi connectivity index (χ0v) is 10.00. The lowest BCUT2D eigenvalue weighted by Gasteiger charge is -2.33. The number of nitrogens with zero attached hydrogens (tertiary/aromatic N) is 1. The standard InChI is InChI=1S/C13H14ClNO/c1-13(14)6-7-16-12(8-13)11-4-2-10(9-15)3-5-11/h2-5,12H,6-8H2,1H3. The van der Waals surface area contributed by atoms with Crippen molar-refractivity contribution in [3.05, 3.63) is 35.4 Å². The lowest BCUT2D eigenvalue weighted by molar-refractivity contribution is 0.000705. The van der Waals surface area contributed by atoms with Crippen molar-refractivity contribution in [1.82, 2.24) is 0 Å². The third-order valence-corrected chi connectivity index (χ3v) is 3.31. The summed E-state index contributed by atoms with van der Waals surface area (Å²) in [7, 11) is 0. The van der Waals surface area contributed by atoms with Gasteiger partial charge in [-0.1, -0.05) is 12.1 Å². The first kappa shape index (κ1) is 11.4. The van der Waals surface area contributed by atoms with E-state index < -0.39 is 0 Å². The Morgan fingerprint density at radius 2 is 2.12 bits per heavy atom. The van der Waals surface area contributed by atoms with Crippen molar-refractivity contribution >= 4 is 11.6 Å². The summed E-state index contributed by atoms with van der Waals surface area (Å²) in [4.78, 5) is -0.170. The van der Waals surface area contributed by atoms with E-state index >= 15 is 0 Å². The number of ether oxygens (including phenoxy) is 1. The lowest BCUT2D eigenvalue weighted by atomic mass is 9.92. The molecule has 2 atom stereocenters. The van der Waals surface area contributed by atoms with Crippen LogP contribution >= 0.6 is 11.6 Å². The van der Waals surface area contributed by atoms with Crippen LogP contribution in [0.1, 0.15) is 37.0 Å². The molecule has 0 radical (unpaired) electrons. The Kier molecular flexibility index (Phi) is 3.18. The molecule has 0 bridgehead atoms. The first-order valence-corrected chi connectivity index (χ1v) is 5.79. The van der Waals surface area contributed by atoms with Crippen LogP contribution in [0.25, 0.3) is 0 Å². The molecule has 1 fully saturated rings. The van der Waals surface area contributed by atoms with Crippen LogP contribution in [0.15, 0.2) is 24.3 Å². The average molecular weight is 236 g/mol. The van der Waals surface area contributed by atoms with Crippen molar-refractivity contribution in [2.45, 2.75) is 30.7 Å². The zero-order valence-electron chi connectivity index (χ0n) is 9.24. The summed E-state index contributed by atoms with van der Waals surface area (Å²) in [5.41, 5.74) is 1.78. The minimum absolute atomic E-state index is 0.0593. The molecule has 0 saturated carbocycles. The fraction of sp³-hybridized carbons (Fsp3) is 0.462. The van der Waals surface area contributed by atoms with Gasteiger partial charge in [-0.05, 0) is 37.5 Å². The highest BCUT2D eigenvalue weighted by Crippen LogP contribution is 2.38. The number of hydrogen-bond donors (Lipinski definition) is 0. The summed E-state index contributed by atoms with van der Waals surface area (Å²) in [6.07, 6.45) is 1.77. The molecule has 1 aliphatic heterocycles. The SMILES string of the molecule is CC1(Cl)CCOC(c2ccc(C#N)cc2)C1. The maximum atomic E-state index is 8.72. The number of alkyl halides is 1. The van der Waals surface area contributed by atoms with Crippen LogP contribution in [0.4, 0.5) is 0 Å². The quantitative estimate of drug-likeness (QED) is 0.699. The molecule has 1 aliphatic rings. The number of nitriles is 1. The Balaban J connectivity index is 2.15. The number of rotatable bonds is 1. The summed E-state index contributed by atoms with van der Waals surface area (Å²) in [6.45, 7) is 2.75. The topological polar surface area (TPSA) is 33.0 Å². The normalized spacial score (nSPS) is 29.7. The molecule has 1 heterocycles. The molecule has 84 valence electrons. The van der Waals surface area contributed by atoms with E-state index in [1.807, 2.05) is 31.2 Å². The molecule has 0 N–H and O–H groups in total. The second kappa shape index (κ2) is 4.45. The second-order valence-electron chi connectivity index (χ2n) is 4.46. The molecule has 0 spiro atoms. The van der Waals surface area contributed by atoms with E-state index in [4.69, 9.17) is 21.6 Å². The summed E-state index contributed by atoms with van der Waals surface area (Å²) in [5, 5.41) is 8.72. The highest BCUT2D eigenvalue weighted by atomic mass is 35.5. The van der Waals surface area contributed by atoms with Gasteiger partial charge in [-0.3, -0.25) is 0 Å². The Bertz CT molecular complexity index is 405. The zero-order chi connectivity index (χ0) is 11.6. The van der Waals surface area contributed by atoms with Gasteiger partial charge in [-0.2, -0.15) is 5.26 Å². The van der Waals surface area contributed by atoms with Crippen LogP contribution in [0.5, 0.6) is 0 Å². The fourth-order valence-corrected chi connectivity index (χ4v) is 2.17. The molecule has 0 amide bonds. The molecule has 1 saturated heterocycles. The van der Waals surface area contributed by atoms with Gasteiger partial charge in [0.2, 0.25) is 0 Å². The van der Waals surface area contributed by atoms with Gasteiger partial charge in [-0.25, -0.2) is 0 Å². The van der Waals surface area contributed by atoms with Crippen molar-refractivity contribution in [3.63, 3.8) is 0 Å². The highest BCUT2D eigenvalue weighted by molar-refractivity contribution is 6.23. The summed E-state index contributed by atoms with van der Waals surface area (Å²) in [5.74, 6) is 0. The Hall–Kier alpha value is -1.04. The van der Waals surface area contributed by atoms with E-state index in [1.165, 1.54) is 0 Å². The molecule has 1 aromatic rings. The van der Waals surface area contributed by atoms with Crippen LogP contribution in [0.2, 0.25) is 0 Å². The lowest BCUT2D eigenvalue weighted by Crippen LogP contribution is -2.29. The highest BCUT2D eigenvalue weighted by Gasteiger charge is 2.31. The van der Waals surface area contributed by atoms with Gasteiger partial charge in [-0.15, -0.1) is 11.6 Å². The van der Waals surface area contributed by atoms with Gasteiger partial charge in [0.15, 0.2) is 0 Å². The van der Waals surface area contributed by atoms with Crippen molar-refractivity contribution in [2.24, 2.45) is 0 Å². The molecular formula is C13H14ClNO.